The number of aliphatic hydroxyl groups excluding tert-OH is 1. The molecule has 1 heterocycles. The van der Waals surface area contributed by atoms with E-state index >= 15 is 0 Å². The number of sulfonamides is 1. The Balaban J connectivity index is 1.23. The van der Waals surface area contributed by atoms with E-state index in [4.69, 9.17) is 9.47 Å². The maximum Gasteiger partial charge on any atom is 0.240 e. The summed E-state index contributed by atoms with van der Waals surface area (Å²) in [5, 5.41) is 9.63. The number of aliphatic hydroxyl groups is 1. The van der Waals surface area contributed by atoms with Crippen LogP contribution in [-0.4, -0.2) is 31.1 Å². The molecule has 8 heteroatoms. The van der Waals surface area contributed by atoms with E-state index in [0.717, 1.165) is 35.3 Å². The molecular formula is C40H42N2O5S. The van der Waals surface area contributed by atoms with Crippen molar-refractivity contribution in [1.29, 1.82) is 0 Å². The molecule has 2 N–H and O–H groups in total. The predicted octanol–water partition coefficient (Wildman–Crippen LogP) is 7.15. The standard InChI is InChI=1S/C40H42N2O5S/c1-30-38(28-42(26-32-11-5-2-6-12-32)27-33-13-7-3-8-14-33)46-40(47-39(30)35-21-19-34(29-43)20-22-35)36-23-17-31(18-24-36)25-41-48(44,45)37-15-9-4-10-16-37/h2-24,30,38-41,43H,25-29H2,1H3/t30-,38+,39+,40+/m0/s1. The van der Waals surface area contributed by atoms with Gasteiger partial charge in [0.15, 0.2) is 6.29 Å². The molecule has 248 valence electrons. The third-order valence-electron chi connectivity index (χ3n) is 8.83. The quantitative estimate of drug-likeness (QED) is 0.139. The minimum Gasteiger partial charge on any atom is -0.392 e. The molecule has 0 radical (unpaired) electrons. The van der Waals surface area contributed by atoms with E-state index in [-0.39, 0.29) is 36.2 Å². The lowest BCUT2D eigenvalue weighted by Crippen LogP contribution is -2.44. The molecule has 5 aromatic carbocycles. The van der Waals surface area contributed by atoms with Crippen LogP contribution in [0.25, 0.3) is 0 Å². The zero-order valence-electron chi connectivity index (χ0n) is 27.1. The summed E-state index contributed by atoms with van der Waals surface area (Å²) < 4.78 is 41.7. The maximum atomic E-state index is 12.7. The highest BCUT2D eigenvalue weighted by Crippen LogP contribution is 2.42. The molecular weight excluding hydrogens is 621 g/mol. The molecule has 0 unspecified atom stereocenters. The largest absolute Gasteiger partial charge is 0.392 e. The van der Waals surface area contributed by atoms with Crippen molar-refractivity contribution in [2.75, 3.05) is 6.54 Å². The molecule has 0 spiro atoms. The van der Waals surface area contributed by atoms with Crippen LogP contribution in [0.1, 0.15) is 52.7 Å². The van der Waals surface area contributed by atoms with Crippen LogP contribution in [0.2, 0.25) is 0 Å². The minimum absolute atomic E-state index is 0.0164. The molecule has 0 bridgehead atoms. The fraction of sp³-hybridized carbons (Fsp3) is 0.250. The summed E-state index contributed by atoms with van der Waals surface area (Å²) in [5.41, 5.74) is 6.03. The average molecular weight is 663 g/mol. The van der Waals surface area contributed by atoms with Gasteiger partial charge in [0.2, 0.25) is 10.0 Å². The van der Waals surface area contributed by atoms with Crippen LogP contribution in [0, 0.1) is 5.92 Å². The summed E-state index contributed by atoms with van der Waals surface area (Å²) in [5.74, 6) is 0.0296. The number of ether oxygens (including phenoxy) is 2. The van der Waals surface area contributed by atoms with E-state index in [9.17, 15) is 13.5 Å². The highest BCUT2D eigenvalue weighted by Gasteiger charge is 2.39. The third kappa shape index (κ3) is 8.65. The Morgan fingerprint density at radius 1 is 0.646 bits per heavy atom. The summed E-state index contributed by atoms with van der Waals surface area (Å²) >= 11 is 0. The number of benzene rings is 5. The molecule has 1 aliphatic heterocycles. The zero-order chi connectivity index (χ0) is 33.3. The third-order valence-corrected chi connectivity index (χ3v) is 10.2. The van der Waals surface area contributed by atoms with Gasteiger partial charge in [-0.1, -0.05) is 134 Å². The van der Waals surface area contributed by atoms with Gasteiger partial charge in [-0.25, -0.2) is 13.1 Å². The number of nitrogens with zero attached hydrogens (tertiary/aromatic N) is 1. The zero-order valence-corrected chi connectivity index (χ0v) is 27.9. The van der Waals surface area contributed by atoms with E-state index in [1.807, 2.05) is 60.7 Å². The van der Waals surface area contributed by atoms with E-state index in [1.165, 1.54) is 11.1 Å². The van der Waals surface area contributed by atoms with Gasteiger partial charge < -0.3 is 14.6 Å². The smallest absolute Gasteiger partial charge is 0.240 e. The highest BCUT2D eigenvalue weighted by molar-refractivity contribution is 7.89. The molecule has 5 aromatic rings. The molecule has 0 aromatic heterocycles. The van der Waals surface area contributed by atoms with Crippen molar-refractivity contribution in [3.63, 3.8) is 0 Å². The predicted molar refractivity (Wildman–Crippen MR) is 187 cm³/mol. The van der Waals surface area contributed by atoms with Gasteiger partial charge in [-0.15, -0.1) is 0 Å². The molecule has 0 amide bonds. The number of rotatable bonds is 13. The molecule has 1 fully saturated rings. The Kier molecular flexibility index (Phi) is 11.1. The van der Waals surface area contributed by atoms with Crippen LogP contribution in [0.5, 0.6) is 0 Å². The van der Waals surface area contributed by atoms with E-state index in [1.54, 1.807) is 30.3 Å². The molecule has 1 aliphatic rings. The number of hydrogen-bond donors (Lipinski definition) is 2. The van der Waals surface area contributed by atoms with Gasteiger partial charge in [0.05, 0.1) is 23.7 Å². The van der Waals surface area contributed by atoms with Crippen LogP contribution in [0.4, 0.5) is 0 Å². The maximum absolute atomic E-state index is 12.7. The van der Waals surface area contributed by atoms with Crippen molar-refractivity contribution >= 4 is 10.0 Å². The lowest BCUT2D eigenvalue weighted by molar-refractivity contribution is -0.276. The first-order valence-electron chi connectivity index (χ1n) is 16.3. The van der Waals surface area contributed by atoms with Gasteiger partial charge in [-0.3, -0.25) is 4.90 Å². The molecule has 6 rings (SSSR count). The van der Waals surface area contributed by atoms with Crippen LogP contribution >= 0.6 is 0 Å². The van der Waals surface area contributed by atoms with Gasteiger partial charge in [0.25, 0.3) is 0 Å². The van der Waals surface area contributed by atoms with Crippen molar-refractivity contribution < 1.29 is 23.0 Å². The van der Waals surface area contributed by atoms with E-state index < -0.39 is 16.3 Å². The summed E-state index contributed by atoms with van der Waals surface area (Å²) in [6.45, 7) is 4.56. The van der Waals surface area contributed by atoms with Gasteiger partial charge in [0.1, 0.15) is 0 Å². The fourth-order valence-electron chi connectivity index (χ4n) is 6.10. The monoisotopic (exact) mass is 662 g/mol. The fourth-order valence-corrected chi connectivity index (χ4v) is 7.14. The minimum atomic E-state index is -3.62. The lowest BCUT2D eigenvalue weighted by Gasteiger charge is -2.43. The molecule has 0 aliphatic carbocycles. The Morgan fingerprint density at radius 2 is 1.17 bits per heavy atom. The van der Waals surface area contributed by atoms with E-state index in [0.29, 0.717) is 6.54 Å². The van der Waals surface area contributed by atoms with Crippen LogP contribution in [0.15, 0.2) is 144 Å². The normalized spacial score (nSPS) is 19.7. The molecule has 48 heavy (non-hydrogen) atoms. The summed E-state index contributed by atoms with van der Waals surface area (Å²) in [4.78, 5) is 2.67. The first-order valence-corrected chi connectivity index (χ1v) is 17.8. The summed E-state index contributed by atoms with van der Waals surface area (Å²) in [6, 6.07) is 45.0. The van der Waals surface area contributed by atoms with Crippen LogP contribution in [-0.2, 0) is 45.7 Å². The Hall–Kier alpha value is -4.15. The van der Waals surface area contributed by atoms with Gasteiger partial charge in [0, 0.05) is 37.7 Å². The SMILES string of the molecule is C[C@H]1[C@@H](CN(Cc2ccccc2)Cc2ccccc2)O[C@@H](c2ccc(CNS(=O)(=O)c3ccccc3)cc2)O[C@H]1c1ccc(CO)cc1. The number of nitrogens with one attached hydrogen (secondary N) is 1. The number of hydrogen-bond acceptors (Lipinski definition) is 6. The molecule has 7 nitrogen and oxygen atoms in total. The van der Waals surface area contributed by atoms with Gasteiger partial charge in [-0.2, -0.15) is 0 Å². The summed E-state index contributed by atoms with van der Waals surface area (Å²) in [6.07, 6.45) is -1.02. The first-order chi connectivity index (χ1) is 23.4. The Morgan fingerprint density at radius 3 is 1.73 bits per heavy atom. The van der Waals surface area contributed by atoms with Crippen LogP contribution < -0.4 is 4.72 Å². The van der Waals surface area contributed by atoms with Gasteiger partial charge in [-0.05, 0) is 39.9 Å². The lowest BCUT2D eigenvalue weighted by atomic mass is 9.89. The second-order valence-electron chi connectivity index (χ2n) is 12.3. The van der Waals surface area contributed by atoms with Crippen molar-refractivity contribution in [2.45, 2.75) is 56.6 Å². The topological polar surface area (TPSA) is 88.1 Å². The molecule has 1 saturated heterocycles. The summed E-state index contributed by atoms with van der Waals surface area (Å²) in [7, 11) is -3.62. The molecule has 4 atom stereocenters. The highest BCUT2D eigenvalue weighted by atomic mass is 32.2. The van der Waals surface area contributed by atoms with Crippen molar-refractivity contribution in [1.82, 2.24) is 9.62 Å². The van der Waals surface area contributed by atoms with Crippen molar-refractivity contribution in [3.8, 4) is 0 Å². The Bertz CT molecular complexity index is 1780. The Labute approximate surface area is 283 Å². The van der Waals surface area contributed by atoms with Gasteiger partial charge >= 0.3 is 0 Å². The van der Waals surface area contributed by atoms with E-state index in [2.05, 4.69) is 65.1 Å². The second-order valence-corrected chi connectivity index (χ2v) is 14.1. The van der Waals surface area contributed by atoms with Crippen LogP contribution in [0.3, 0.4) is 0 Å². The first kappa shape index (κ1) is 33.7. The van der Waals surface area contributed by atoms with Crippen molar-refractivity contribution in [2.24, 2.45) is 5.92 Å². The second kappa shape index (κ2) is 15.8. The average Bonchev–Trinajstić information content (AvgIpc) is 3.13. The van der Waals surface area contributed by atoms with Crippen molar-refractivity contribution in [3.05, 3.63) is 173 Å². The molecule has 0 saturated carbocycles.